The molecule has 0 fully saturated rings. The van der Waals surface area contributed by atoms with Crippen LogP contribution in [-0.4, -0.2) is 30.2 Å². The smallest absolute Gasteiger partial charge is 0.314 e. The van der Waals surface area contributed by atoms with E-state index in [4.69, 9.17) is 5.11 Å². The molecule has 0 aliphatic rings. The molecular weight excluding hydrogens is 220 g/mol. The Morgan fingerprint density at radius 3 is 2.24 bits per heavy atom. The van der Waals surface area contributed by atoms with Crippen LogP contribution in [0.15, 0.2) is 0 Å². The molecule has 0 aromatic rings. The van der Waals surface area contributed by atoms with Gasteiger partial charge in [0.05, 0.1) is 5.92 Å². The van der Waals surface area contributed by atoms with Crippen molar-refractivity contribution in [3.8, 4) is 0 Å². The molecule has 2 amide bonds. The third-order valence-electron chi connectivity index (χ3n) is 2.25. The number of carboxylic acids is 1. The van der Waals surface area contributed by atoms with Crippen molar-refractivity contribution in [3.63, 3.8) is 0 Å². The lowest BCUT2D eigenvalue weighted by atomic mass is 9.84. The molecule has 0 heterocycles. The van der Waals surface area contributed by atoms with Crippen molar-refractivity contribution in [3.05, 3.63) is 0 Å². The van der Waals surface area contributed by atoms with Crippen LogP contribution in [-0.2, 0) is 4.79 Å². The van der Waals surface area contributed by atoms with E-state index in [1.54, 1.807) is 0 Å². The van der Waals surface area contributed by atoms with Crippen molar-refractivity contribution in [1.82, 2.24) is 10.6 Å². The number of amides is 2. The fourth-order valence-electron chi connectivity index (χ4n) is 1.50. The van der Waals surface area contributed by atoms with Crippen LogP contribution in [0.3, 0.4) is 0 Å². The third-order valence-corrected chi connectivity index (χ3v) is 2.25. The minimum absolute atomic E-state index is 0.0648. The van der Waals surface area contributed by atoms with Gasteiger partial charge in [-0.1, -0.05) is 27.7 Å². The Kier molecular flexibility index (Phi) is 6.61. The molecule has 0 bridgehead atoms. The fourth-order valence-corrected chi connectivity index (χ4v) is 1.50. The van der Waals surface area contributed by atoms with Crippen LogP contribution in [0, 0.1) is 11.3 Å². The number of rotatable bonds is 6. The highest BCUT2D eigenvalue weighted by Crippen LogP contribution is 2.24. The average molecular weight is 244 g/mol. The van der Waals surface area contributed by atoms with Gasteiger partial charge < -0.3 is 15.7 Å². The Morgan fingerprint density at radius 1 is 1.24 bits per heavy atom. The van der Waals surface area contributed by atoms with E-state index in [9.17, 15) is 9.59 Å². The Morgan fingerprint density at radius 2 is 1.82 bits per heavy atom. The molecule has 3 N–H and O–H groups in total. The molecule has 17 heavy (non-hydrogen) atoms. The summed E-state index contributed by atoms with van der Waals surface area (Å²) in [6.07, 6.45) is 1.40. The minimum atomic E-state index is -0.865. The first kappa shape index (κ1) is 15.7. The van der Waals surface area contributed by atoms with Crippen molar-refractivity contribution in [2.45, 2.75) is 40.5 Å². The van der Waals surface area contributed by atoms with Crippen LogP contribution in [0.5, 0.6) is 0 Å². The van der Waals surface area contributed by atoms with E-state index in [0.717, 1.165) is 6.42 Å². The zero-order chi connectivity index (χ0) is 13.5. The first-order valence-electron chi connectivity index (χ1n) is 6.00. The molecular formula is C12H24N2O3. The van der Waals surface area contributed by atoms with Gasteiger partial charge in [-0.05, 0) is 18.3 Å². The molecule has 0 aromatic carbocycles. The fraction of sp³-hybridized carbons (Fsp3) is 0.833. The number of nitrogens with one attached hydrogen (secondary N) is 2. The summed E-state index contributed by atoms with van der Waals surface area (Å²) < 4.78 is 0. The third kappa shape index (κ3) is 8.54. The number of hydrogen-bond donors (Lipinski definition) is 3. The van der Waals surface area contributed by atoms with E-state index in [2.05, 4.69) is 10.6 Å². The lowest BCUT2D eigenvalue weighted by molar-refractivity contribution is -0.142. The van der Waals surface area contributed by atoms with Crippen molar-refractivity contribution in [1.29, 1.82) is 0 Å². The van der Waals surface area contributed by atoms with Gasteiger partial charge >= 0.3 is 12.0 Å². The van der Waals surface area contributed by atoms with Crippen LogP contribution >= 0.6 is 0 Å². The molecule has 0 spiro atoms. The van der Waals surface area contributed by atoms with Crippen LogP contribution < -0.4 is 10.6 Å². The Balaban J connectivity index is 4.10. The van der Waals surface area contributed by atoms with Gasteiger partial charge in [0.15, 0.2) is 0 Å². The molecule has 5 heteroatoms. The average Bonchev–Trinajstić information content (AvgIpc) is 2.19. The van der Waals surface area contributed by atoms with Crippen LogP contribution in [0.2, 0.25) is 0 Å². The van der Waals surface area contributed by atoms with E-state index in [1.165, 1.54) is 0 Å². The highest BCUT2D eigenvalue weighted by molar-refractivity contribution is 5.75. The van der Waals surface area contributed by atoms with Crippen molar-refractivity contribution >= 4 is 12.0 Å². The molecule has 1 atom stereocenters. The van der Waals surface area contributed by atoms with Gasteiger partial charge in [-0.25, -0.2) is 4.79 Å². The van der Waals surface area contributed by atoms with Gasteiger partial charge in [0, 0.05) is 13.1 Å². The first-order chi connectivity index (χ1) is 7.76. The molecule has 0 rings (SSSR count). The molecule has 0 radical (unpaired) electrons. The maximum atomic E-state index is 11.3. The summed E-state index contributed by atoms with van der Waals surface area (Å²) in [6, 6.07) is -0.299. The maximum Gasteiger partial charge on any atom is 0.314 e. The molecule has 0 saturated carbocycles. The minimum Gasteiger partial charge on any atom is -0.481 e. The second-order valence-corrected chi connectivity index (χ2v) is 5.44. The number of hydrogen-bond acceptors (Lipinski definition) is 2. The standard InChI is InChI=1S/C12H24N2O3/c1-5-6-13-11(17)14-8-9(10(15)16)7-12(2,3)4/h9H,5-8H2,1-4H3,(H,15,16)(H2,13,14,17). The van der Waals surface area contributed by atoms with Crippen LogP contribution in [0.25, 0.3) is 0 Å². The molecule has 5 nitrogen and oxygen atoms in total. The lowest BCUT2D eigenvalue weighted by Crippen LogP contribution is -2.41. The Hall–Kier alpha value is -1.26. The monoisotopic (exact) mass is 244 g/mol. The summed E-state index contributed by atoms with van der Waals surface area (Å²) in [5, 5.41) is 14.3. The highest BCUT2D eigenvalue weighted by atomic mass is 16.4. The molecule has 0 saturated heterocycles. The molecule has 100 valence electrons. The van der Waals surface area contributed by atoms with Gasteiger partial charge in [-0.15, -0.1) is 0 Å². The number of carbonyl (C=O) groups is 2. The van der Waals surface area contributed by atoms with Crippen LogP contribution in [0.1, 0.15) is 40.5 Å². The summed E-state index contributed by atoms with van der Waals surface area (Å²) in [6.45, 7) is 8.69. The zero-order valence-corrected chi connectivity index (χ0v) is 11.2. The quantitative estimate of drug-likeness (QED) is 0.667. The topological polar surface area (TPSA) is 78.4 Å². The van der Waals surface area contributed by atoms with Gasteiger partial charge in [0.25, 0.3) is 0 Å². The zero-order valence-electron chi connectivity index (χ0n) is 11.2. The molecule has 0 aliphatic carbocycles. The van der Waals surface area contributed by atoms with E-state index in [-0.39, 0.29) is 18.0 Å². The summed E-state index contributed by atoms with van der Waals surface area (Å²) in [7, 11) is 0. The van der Waals surface area contributed by atoms with E-state index in [0.29, 0.717) is 13.0 Å². The summed E-state index contributed by atoms with van der Waals surface area (Å²) in [4.78, 5) is 22.3. The van der Waals surface area contributed by atoms with Gasteiger partial charge in [0.2, 0.25) is 0 Å². The van der Waals surface area contributed by atoms with Gasteiger partial charge in [0.1, 0.15) is 0 Å². The maximum absolute atomic E-state index is 11.3. The van der Waals surface area contributed by atoms with Crippen LogP contribution in [0.4, 0.5) is 4.79 Å². The van der Waals surface area contributed by atoms with Gasteiger partial charge in [-0.3, -0.25) is 4.79 Å². The normalized spacial score (nSPS) is 12.9. The van der Waals surface area contributed by atoms with Crippen molar-refractivity contribution < 1.29 is 14.7 Å². The Bertz CT molecular complexity index is 259. The van der Waals surface area contributed by atoms with Crippen molar-refractivity contribution in [2.75, 3.05) is 13.1 Å². The predicted molar refractivity (Wildman–Crippen MR) is 66.9 cm³/mol. The second kappa shape index (κ2) is 7.14. The number of urea groups is 1. The molecule has 1 unspecified atom stereocenters. The molecule has 0 aromatic heterocycles. The van der Waals surface area contributed by atoms with E-state index in [1.807, 2.05) is 27.7 Å². The number of aliphatic carboxylic acids is 1. The van der Waals surface area contributed by atoms with Gasteiger partial charge in [-0.2, -0.15) is 0 Å². The number of carbonyl (C=O) groups excluding carboxylic acids is 1. The SMILES string of the molecule is CCCNC(=O)NCC(CC(C)(C)C)C(=O)O. The first-order valence-corrected chi connectivity index (χ1v) is 6.00. The summed E-state index contributed by atoms with van der Waals surface area (Å²) in [5.41, 5.74) is -0.0648. The highest BCUT2D eigenvalue weighted by Gasteiger charge is 2.24. The Labute approximate surface area is 103 Å². The second-order valence-electron chi connectivity index (χ2n) is 5.44. The van der Waals surface area contributed by atoms with E-state index < -0.39 is 11.9 Å². The molecule has 0 aliphatic heterocycles. The largest absolute Gasteiger partial charge is 0.481 e. The summed E-state index contributed by atoms with van der Waals surface area (Å²) in [5.74, 6) is -1.40. The number of carboxylic acid groups (broad SMARTS) is 1. The van der Waals surface area contributed by atoms with Crippen molar-refractivity contribution in [2.24, 2.45) is 11.3 Å². The van der Waals surface area contributed by atoms with E-state index >= 15 is 0 Å². The lowest BCUT2D eigenvalue weighted by Gasteiger charge is -2.23. The predicted octanol–water partition coefficient (Wildman–Crippen LogP) is 1.83. The summed E-state index contributed by atoms with van der Waals surface area (Å²) >= 11 is 0.